The number of piperidine rings is 1. The number of aliphatic hydroxyl groups is 1. The molecule has 1 N–H and O–H groups in total. The first kappa shape index (κ1) is 20.1. The van der Waals surface area contributed by atoms with E-state index >= 15 is 0 Å². The van der Waals surface area contributed by atoms with Gasteiger partial charge in [0.15, 0.2) is 11.5 Å². The molecule has 0 aromatic heterocycles. The van der Waals surface area contributed by atoms with Crippen LogP contribution in [-0.4, -0.2) is 67.7 Å². The Bertz CT molecular complexity index is 1090. The van der Waals surface area contributed by atoms with Gasteiger partial charge < -0.3 is 18.8 Å². The molecule has 3 aliphatic carbocycles. The van der Waals surface area contributed by atoms with Gasteiger partial charge in [-0.3, -0.25) is 4.90 Å². The van der Waals surface area contributed by atoms with E-state index in [1.807, 2.05) is 6.07 Å². The highest BCUT2D eigenvalue weighted by Gasteiger charge is 2.76. The van der Waals surface area contributed by atoms with E-state index in [1.54, 1.807) is 6.07 Å². The largest absolute Gasteiger partial charge is 0.482 e. The van der Waals surface area contributed by atoms with Gasteiger partial charge in [0, 0.05) is 24.8 Å². The molecular formula is C24H31NO6S. The number of fused-ring (bicyclic) bond motifs is 1. The van der Waals surface area contributed by atoms with Crippen LogP contribution in [0.25, 0.3) is 0 Å². The summed E-state index contributed by atoms with van der Waals surface area (Å²) in [6.07, 6.45) is 8.25. The van der Waals surface area contributed by atoms with Gasteiger partial charge in [0.2, 0.25) is 0 Å². The molecule has 6 aliphatic rings. The third-order valence-corrected chi connectivity index (χ3v) is 9.76. The maximum absolute atomic E-state index is 12.5. The topological polar surface area (TPSA) is 85.3 Å². The fourth-order valence-electron chi connectivity index (χ4n) is 7.91. The molecule has 1 aromatic carbocycles. The summed E-state index contributed by atoms with van der Waals surface area (Å²) in [4.78, 5) is 2.54. The second kappa shape index (κ2) is 6.20. The molecule has 3 unspecified atom stereocenters. The van der Waals surface area contributed by atoms with Gasteiger partial charge in [-0.15, -0.1) is 0 Å². The fourth-order valence-corrected chi connectivity index (χ4v) is 8.37. The Morgan fingerprint density at radius 3 is 2.78 bits per heavy atom. The van der Waals surface area contributed by atoms with Crippen LogP contribution in [0.3, 0.4) is 0 Å². The summed E-state index contributed by atoms with van der Waals surface area (Å²) in [7, 11) is -3.70. The number of likely N-dealkylation sites (tertiary alicyclic amines) is 1. The molecule has 0 radical (unpaired) electrons. The molecule has 4 fully saturated rings. The van der Waals surface area contributed by atoms with Crippen molar-refractivity contribution in [2.75, 3.05) is 26.0 Å². The van der Waals surface area contributed by atoms with E-state index in [1.165, 1.54) is 12.8 Å². The van der Waals surface area contributed by atoms with E-state index in [0.717, 1.165) is 68.5 Å². The van der Waals surface area contributed by atoms with E-state index in [2.05, 4.69) is 4.90 Å². The lowest BCUT2D eigenvalue weighted by Crippen LogP contribution is -2.79. The van der Waals surface area contributed by atoms with Crippen LogP contribution in [0.15, 0.2) is 12.1 Å². The molecule has 1 aromatic rings. The van der Waals surface area contributed by atoms with Gasteiger partial charge >= 0.3 is 10.1 Å². The van der Waals surface area contributed by atoms with Gasteiger partial charge in [0.05, 0.1) is 17.3 Å². The smallest absolute Gasteiger partial charge is 0.306 e. The molecule has 2 spiro atoms. The van der Waals surface area contributed by atoms with Crippen molar-refractivity contribution in [1.29, 1.82) is 0 Å². The Kier molecular flexibility index (Phi) is 3.89. The van der Waals surface area contributed by atoms with Gasteiger partial charge in [-0.25, -0.2) is 0 Å². The summed E-state index contributed by atoms with van der Waals surface area (Å²) >= 11 is 0. The van der Waals surface area contributed by atoms with Crippen molar-refractivity contribution < 1.29 is 27.2 Å². The van der Waals surface area contributed by atoms with Crippen LogP contribution in [0.1, 0.15) is 56.1 Å². The number of hydrogen-bond donors (Lipinski definition) is 1. The monoisotopic (exact) mass is 461 g/mol. The highest BCUT2D eigenvalue weighted by molar-refractivity contribution is 7.86. The van der Waals surface area contributed by atoms with Crippen LogP contribution in [0.4, 0.5) is 0 Å². The number of benzene rings is 1. The van der Waals surface area contributed by atoms with Gasteiger partial charge in [-0.05, 0) is 75.5 Å². The Morgan fingerprint density at radius 2 is 2.06 bits per heavy atom. The van der Waals surface area contributed by atoms with Crippen LogP contribution in [-0.2, 0) is 26.7 Å². The van der Waals surface area contributed by atoms with E-state index in [4.69, 9.17) is 13.7 Å². The van der Waals surface area contributed by atoms with Crippen molar-refractivity contribution in [3.63, 3.8) is 0 Å². The predicted octanol–water partition coefficient (Wildman–Crippen LogP) is 2.14. The molecule has 7 nitrogen and oxygen atoms in total. The first-order valence-corrected chi connectivity index (χ1v) is 13.9. The van der Waals surface area contributed by atoms with Crippen LogP contribution < -0.4 is 8.92 Å². The molecule has 174 valence electrons. The lowest BCUT2D eigenvalue weighted by atomic mass is 9.46. The first-order valence-electron chi connectivity index (χ1n) is 12.1. The van der Waals surface area contributed by atoms with Gasteiger partial charge in [0.25, 0.3) is 0 Å². The van der Waals surface area contributed by atoms with Crippen molar-refractivity contribution in [2.45, 2.75) is 80.1 Å². The second-order valence-corrected chi connectivity index (χ2v) is 12.6. The number of ether oxygens (including phenoxy) is 2. The Balaban J connectivity index is 1.43. The molecule has 3 aliphatic heterocycles. The SMILES string of the molecule is CS(=O)(=O)Oc1ccc2c3c1OC1C4(CCCO4)CCC4(O)[C@@H](C2)N(CC2CC2)CC[C@]314. The summed E-state index contributed by atoms with van der Waals surface area (Å²) in [6, 6.07) is 3.79. The van der Waals surface area contributed by atoms with E-state index in [0.29, 0.717) is 18.8 Å². The summed E-state index contributed by atoms with van der Waals surface area (Å²) in [5.41, 5.74) is 0.229. The average molecular weight is 462 g/mol. The maximum Gasteiger partial charge on any atom is 0.306 e. The molecule has 0 amide bonds. The van der Waals surface area contributed by atoms with Crippen LogP contribution in [0, 0.1) is 5.92 Å². The number of rotatable bonds is 4. The second-order valence-electron chi connectivity index (χ2n) is 11.0. The minimum absolute atomic E-state index is 0.0572. The number of nitrogens with zero attached hydrogens (tertiary/aromatic N) is 1. The molecule has 8 heteroatoms. The zero-order valence-corrected chi connectivity index (χ0v) is 19.3. The van der Waals surface area contributed by atoms with Crippen LogP contribution in [0.2, 0.25) is 0 Å². The molecular weight excluding hydrogens is 430 g/mol. The molecule has 5 atom stereocenters. The van der Waals surface area contributed by atoms with Crippen molar-refractivity contribution in [3.05, 3.63) is 23.3 Å². The highest BCUT2D eigenvalue weighted by atomic mass is 32.2. The molecule has 32 heavy (non-hydrogen) atoms. The third kappa shape index (κ3) is 2.44. The molecule has 2 saturated carbocycles. The normalized spacial score (nSPS) is 42.1. The maximum atomic E-state index is 12.5. The van der Waals surface area contributed by atoms with E-state index in [9.17, 15) is 13.5 Å². The van der Waals surface area contributed by atoms with E-state index < -0.39 is 26.7 Å². The highest BCUT2D eigenvalue weighted by Crippen LogP contribution is 2.68. The Hall–Kier alpha value is -1.35. The Morgan fingerprint density at radius 1 is 1.22 bits per heavy atom. The zero-order chi connectivity index (χ0) is 21.9. The third-order valence-electron chi connectivity index (χ3n) is 9.28. The van der Waals surface area contributed by atoms with Crippen molar-refractivity contribution in [2.24, 2.45) is 5.92 Å². The molecule has 2 bridgehead atoms. The molecule has 7 rings (SSSR count). The van der Waals surface area contributed by atoms with Gasteiger partial charge in [0.1, 0.15) is 11.7 Å². The quantitative estimate of drug-likeness (QED) is 0.688. The van der Waals surface area contributed by atoms with E-state index in [-0.39, 0.29) is 17.9 Å². The molecule has 3 heterocycles. The number of hydrogen-bond acceptors (Lipinski definition) is 7. The fraction of sp³-hybridized carbons (Fsp3) is 0.750. The van der Waals surface area contributed by atoms with Gasteiger partial charge in [-0.2, -0.15) is 8.42 Å². The summed E-state index contributed by atoms with van der Waals surface area (Å²) in [5, 5.41) is 12.5. The lowest BCUT2D eigenvalue weighted by molar-refractivity contribution is -0.237. The predicted molar refractivity (Wildman–Crippen MR) is 117 cm³/mol. The summed E-state index contributed by atoms with van der Waals surface area (Å²) in [6.45, 7) is 2.70. The van der Waals surface area contributed by atoms with Crippen molar-refractivity contribution in [3.8, 4) is 11.5 Å². The van der Waals surface area contributed by atoms with Gasteiger partial charge in [-0.1, -0.05) is 6.07 Å². The molecule has 2 saturated heterocycles. The first-order chi connectivity index (χ1) is 15.3. The summed E-state index contributed by atoms with van der Waals surface area (Å²) in [5.74, 6) is 1.52. The zero-order valence-electron chi connectivity index (χ0n) is 18.5. The minimum Gasteiger partial charge on any atom is -0.482 e. The van der Waals surface area contributed by atoms with Crippen LogP contribution in [0.5, 0.6) is 11.5 Å². The van der Waals surface area contributed by atoms with Crippen LogP contribution >= 0.6 is 0 Å². The summed E-state index contributed by atoms with van der Waals surface area (Å²) < 4.78 is 42.5. The Labute approximate surface area is 189 Å². The minimum atomic E-state index is -3.70. The lowest BCUT2D eigenvalue weighted by Gasteiger charge is -2.65. The van der Waals surface area contributed by atoms with Crippen molar-refractivity contribution in [1.82, 2.24) is 4.90 Å². The standard InChI is InChI=1S/C24H31NO6S/c1-32(27,28)31-17-6-5-16-13-18-24(26)9-8-22(7-2-12-29-22)21-23(24,19(16)20(17)30-21)10-11-25(18)14-15-3-4-15/h5-6,15,18,21,26H,2-4,7-14H2,1H3/t18-,21?,22?,23+,24?/m1/s1. The average Bonchev–Trinajstić information content (AvgIpc) is 3.28. The van der Waals surface area contributed by atoms with Crippen molar-refractivity contribution >= 4 is 10.1 Å².